The Labute approximate surface area is 72.9 Å². The van der Waals surface area contributed by atoms with Crippen LogP contribution in [0.1, 0.15) is 19.3 Å². The maximum absolute atomic E-state index is 7.56. The molecule has 1 heterocycles. The molecule has 1 rings (SSSR count). The van der Waals surface area contributed by atoms with E-state index < -0.39 is 0 Å². The third-order valence-corrected chi connectivity index (χ3v) is 2.70. The van der Waals surface area contributed by atoms with Gasteiger partial charge >= 0.3 is 0 Å². The Bertz CT molecular complexity index is 136. The minimum Gasteiger partial charge on any atom is -0.361 e. The molecule has 0 radical (unpaired) electrons. The molecule has 0 aromatic carbocycles. The van der Waals surface area contributed by atoms with Crippen LogP contribution in [0, 0.1) is 5.41 Å². The number of likely N-dealkylation sites (tertiary alicyclic amines) is 1. The number of rotatable bonds is 4. The molecule has 2 nitrogen and oxygen atoms in total. The maximum Gasteiger partial charge on any atom is 0.0958 e. The highest BCUT2D eigenvalue weighted by Crippen LogP contribution is 2.10. The van der Waals surface area contributed by atoms with E-state index in [1.165, 1.54) is 18.6 Å². The number of nitrogens with one attached hydrogen (secondary N) is 1. The number of nitrogens with zero attached hydrogens (tertiary/aromatic N) is 1. The molecule has 1 fully saturated rings. The molecule has 11 heavy (non-hydrogen) atoms. The van der Waals surface area contributed by atoms with E-state index in [-0.39, 0.29) is 0 Å². The predicted octanol–water partition coefficient (Wildman–Crippen LogP) is 1.81. The van der Waals surface area contributed by atoms with Gasteiger partial charge < -0.3 is 4.90 Å². The molecule has 1 saturated heterocycles. The van der Waals surface area contributed by atoms with Crippen molar-refractivity contribution in [2.45, 2.75) is 19.3 Å². The summed E-state index contributed by atoms with van der Waals surface area (Å²) in [7, 11) is 0. The third-order valence-electron chi connectivity index (χ3n) is 2.00. The van der Waals surface area contributed by atoms with E-state index in [2.05, 4.69) is 11.2 Å². The molecule has 0 aromatic rings. The first-order chi connectivity index (χ1) is 5.34. The van der Waals surface area contributed by atoms with Crippen LogP contribution in [0.15, 0.2) is 0 Å². The van der Waals surface area contributed by atoms with Crippen molar-refractivity contribution in [3.8, 4) is 0 Å². The normalized spacial score (nSPS) is 17.9. The van der Waals surface area contributed by atoms with Gasteiger partial charge in [0, 0.05) is 19.5 Å². The van der Waals surface area contributed by atoms with Gasteiger partial charge in [-0.25, -0.2) is 0 Å². The molecular weight excluding hydrogens is 156 g/mol. The van der Waals surface area contributed by atoms with Gasteiger partial charge in [-0.2, -0.15) is 11.8 Å². The third kappa shape index (κ3) is 2.73. The van der Waals surface area contributed by atoms with E-state index in [0.717, 1.165) is 25.3 Å². The van der Waals surface area contributed by atoms with Crippen LogP contribution in [0.4, 0.5) is 0 Å². The molecule has 0 saturated carbocycles. The summed E-state index contributed by atoms with van der Waals surface area (Å²) in [5, 5.41) is 7.56. The van der Waals surface area contributed by atoms with Crippen molar-refractivity contribution in [3.05, 3.63) is 0 Å². The van der Waals surface area contributed by atoms with Crippen LogP contribution in [0.25, 0.3) is 0 Å². The van der Waals surface area contributed by atoms with E-state index in [0.29, 0.717) is 0 Å². The summed E-state index contributed by atoms with van der Waals surface area (Å²) >= 11 is 1.89. The van der Waals surface area contributed by atoms with Crippen molar-refractivity contribution in [2.24, 2.45) is 0 Å². The second kappa shape index (κ2) is 4.65. The van der Waals surface area contributed by atoms with Gasteiger partial charge in [0.25, 0.3) is 0 Å². The van der Waals surface area contributed by atoms with Gasteiger partial charge in [0.05, 0.1) is 5.84 Å². The first-order valence-corrected chi connectivity index (χ1v) is 5.55. The number of hydrogen-bond acceptors (Lipinski definition) is 2. The molecule has 1 aliphatic rings. The molecule has 1 N–H and O–H groups in total. The number of hydrogen-bond donors (Lipinski definition) is 1. The van der Waals surface area contributed by atoms with Gasteiger partial charge in [0.1, 0.15) is 0 Å². The van der Waals surface area contributed by atoms with Gasteiger partial charge in [0.2, 0.25) is 0 Å². The lowest BCUT2D eigenvalue weighted by Crippen LogP contribution is -2.25. The lowest BCUT2D eigenvalue weighted by Gasteiger charge is -2.16. The average Bonchev–Trinajstić information content (AvgIpc) is 2.37. The van der Waals surface area contributed by atoms with Crippen LogP contribution in [-0.4, -0.2) is 35.8 Å². The number of amidine groups is 1. The fraction of sp³-hybridized carbons (Fsp3) is 0.875. The van der Waals surface area contributed by atoms with Gasteiger partial charge in [0.15, 0.2) is 0 Å². The Balaban J connectivity index is 2.10. The predicted molar refractivity (Wildman–Crippen MR) is 51.5 cm³/mol. The SMILES string of the molecule is CSCCCN1CCCC1=N. The molecule has 0 amide bonds. The molecule has 0 aliphatic carbocycles. The molecular formula is C8H16N2S. The van der Waals surface area contributed by atoms with Crippen molar-refractivity contribution in [1.29, 1.82) is 5.41 Å². The molecule has 1 aliphatic heterocycles. The molecule has 0 spiro atoms. The minimum absolute atomic E-state index is 0.853. The van der Waals surface area contributed by atoms with E-state index in [1.807, 2.05) is 11.8 Å². The zero-order valence-electron chi connectivity index (χ0n) is 7.10. The lowest BCUT2D eigenvalue weighted by atomic mass is 10.4. The van der Waals surface area contributed by atoms with E-state index in [9.17, 15) is 0 Å². The van der Waals surface area contributed by atoms with Gasteiger partial charge in [-0.15, -0.1) is 0 Å². The fourth-order valence-corrected chi connectivity index (χ4v) is 1.79. The van der Waals surface area contributed by atoms with Crippen molar-refractivity contribution in [3.63, 3.8) is 0 Å². The largest absolute Gasteiger partial charge is 0.361 e. The zero-order valence-corrected chi connectivity index (χ0v) is 7.91. The molecule has 0 atom stereocenters. The average molecular weight is 172 g/mol. The highest BCUT2D eigenvalue weighted by Gasteiger charge is 2.15. The summed E-state index contributed by atoms with van der Waals surface area (Å²) in [6.07, 6.45) is 5.55. The monoisotopic (exact) mass is 172 g/mol. The molecule has 0 aromatic heterocycles. The number of thioether (sulfide) groups is 1. The standard InChI is InChI=1S/C8H16N2S/c1-11-7-3-6-10-5-2-4-8(10)9/h9H,2-7H2,1H3. The topological polar surface area (TPSA) is 27.1 Å². The van der Waals surface area contributed by atoms with Gasteiger partial charge in [-0.1, -0.05) is 0 Å². The Morgan fingerprint density at radius 2 is 2.45 bits per heavy atom. The van der Waals surface area contributed by atoms with Crippen LogP contribution in [0.2, 0.25) is 0 Å². The molecule has 0 unspecified atom stereocenters. The Morgan fingerprint density at radius 1 is 1.64 bits per heavy atom. The summed E-state index contributed by atoms with van der Waals surface area (Å²) in [4.78, 5) is 2.20. The van der Waals surface area contributed by atoms with Gasteiger partial charge in [-0.3, -0.25) is 5.41 Å². The van der Waals surface area contributed by atoms with E-state index in [1.54, 1.807) is 0 Å². The molecule has 3 heteroatoms. The van der Waals surface area contributed by atoms with Gasteiger partial charge in [-0.05, 0) is 24.9 Å². The Hall–Kier alpha value is -0.180. The van der Waals surface area contributed by atoms with Crippen molar-refractivity contribution in [2.75, 3.05) is 25.1 Å². The van der Waals surface area contributed by atoms with Crippen molar-refractivity contribution < 1.29 is 0 Å². The Kier molecular flexibility index (Phi) is 3.77. The smallest absolute Gasteiger partial charge is 0.0958 e. The fourth-order valence-electron chi connectivity index (χ4n) is 1.38. The van der Waals surface area contributed by atoms with Crippen LogP contribution in [-0.2, 0) is 0 Å². The second-order valence-corrected chi connectivity index (χ2v) is 3.87. The highest BCUT2D eigenvalue weighted by molar-refractivity contribution is 7.98. The Morgan fingerprint density at radius 3 is 3.00 bits per heavy atom. The minimum atomic E-state index is 0.853. The van der Waals surface area contributed by atoms with Crippen LogP contribution in [0.5, 0.6) is 0 Å². The lowest BCUT2D eigenvalue weighted by molar-refractivity contribution is 0.451. The quantitative estimate of drug-likeness (QED) is 0.655. The summed E-state index contributed by atoms with van der Waals surface area (Å²) in [6.45, 7) is 2.22. The highest BCUT2D eigenvalue weighted by atomic mass is 32.2. The van der Waals surface area contributed by atoms with E-state index >= 15 is 0 Å². The summed E-state index contributed by atoms with van der Waals surface area (Å²) < 4.78 is 0. The molecule has 0 bridgehead atoms. The first-order valence-electron chi connectivity index (χ1n) is 4.16. The first kappa shape index (κ1) is 8.91. The maximum atomic E-state index is 7.56. The molecule has 64 valence electrons. The van der Waals surface area contributed by atoms with Crippen molar-refractivity contribution in [1.82, 2.24) is 4.90 Å². The van der Waals surface area contributed by atoms with Crippen LogP contribution >= 0.6 is 11.8 Å². The summed E-state index contributed by atoms with van der Waals surface area (Å²) in [5.74, 6) is 2.08. The summed E-state index contributed by atoms with van der Waals surface area (Å²) in [6, 6.07) is 0. The summed E-state index contributed by atoms with van der Waals surface area (Å²) in [5.41, 5.74) is 0. The van der Waals surface area contributed by atoms with E-state index in [4.69, 9.17) is 5.41 Å². The van der Waals surface area contributed by atoms with Crippen LogP contribution < -0.4 is 0 Å². The van der Waals surface area contributed by atoms with Crippen LogP contribution in [0.3, 0.4) is 0 Å². The zero-order chi connectivity index (χ0) is 8.10. The van der Waals surface area contributed by atoms with Crippen molar-refractivity contribution >= 4 is 17.6 Å². The second-order valence-electron chi connectivity index (χ2n) is 2.88.